The van der Waals surface area contributed by atoms with E-state index in [0.717, 1.165) is 22.3 Å². The average molecular weight is 398 g/mol. The Labute approximate surface area is 173 Å². The van der Waals surface area contributed by atoms with E-state index in [1.54, 1.807) is 6.07 Å². The van der Waals surface area contributed by atoms with Crippen molar-refractivity contribution in [2.45, 2.75) is 12.3 Å². The summed E-state index contributed by atoms with van der Waals surface area (Å²) in [7, 11) is 0. The molecule has 30 heavy (non-hydrogen) atoms. The third-order valence-electron chi connectivity index (χ3n) is 5.14. The summed E-state index contributed by atoms with van der Waals surface area (Å²) in [6.45, 7) is 0.149. The van der Waals surface area contributed by atoms with Gasteiger partial charge in [-0.25, -0.2) is 4.79 Å². The Morgan fingerprint density at radius 1 is 1.00 bits per heavy atom. The summed E-state index contributed by atoms with van der Waals surface area (Å²) in [6.07, 6.45) is -0.897. The number of nitrogens with zero attached hydrogens (tertiary/aromatic N) is 1. The van der Waals surface area contributed by atoms with Gasteiger partial charge < -0.3 is 9.84 Å². The van der Waals surface area contributed by atoms with Gasteiger partial charge in [-0.3, -0.25) is 10.1 Å². The maximum Gasteiger partial charge on any atom is 0.411 e. The monoisotopic (exact) mass is 398 g/mol. The van der Waals surface area contributed by atoms with E-state index in [9.17, 15) is 14.9 Å². The van der Waals surface area contributed by atoms with Crippen LogP contribution in [0.2, 0.25) is 0 Å². The molecule has 0 bridgehead atoms. The molecule has 0 fully saturated rings. The lowest BCUT2D eigenvalue weighted by Crippen LogP contribution is -2.18. The number of rotatable bonds is 5. The summed E-state index contributed by atoms with van der Waals surface area (Å²) in [6, 6.07) is 22.6. The second kappa shape index (κ2) is 8.10. The number of benzene rings is 3. The van der Waals surface area contributed by atoms with Gasteiger partial charge in [0.25, 0.3) is 0 Å². The first kappa shape index (κ1) is 19.2. The predicted octanol–water partition coefficient (Wildman–Crippen LogP) is 4.55. The number of hydrogen-bond acceptors (Lipinski definition) is 4. The molecule has 148 valence electrons. The number of carbonyl (C=O) groups excluding carboxylic acids is 1. The number of carbonyl (C=O) groups is 2. The summed E-state index contributed by atoms with van der Waals surface area (Å²) in [5, 5.41) is 20.8. The fourth-order valence-electron chi connectivity index (χ4n) is 3.82. The molecule has 0 spiro atoms. The molecule has 0 radical (unpaired) electrons. The van der Waals surface area contributed by atoms with Crippen LogP contribution in [-0.2, 0) is 16.0 Å². The van der Waals surface area contributed by atoms with Crippen molar-refractivity contribution in [2.24, 2.45) is 0 Å². The quantitative estimate of drug-likeness (QED) is 0.657. The zero-order valence-electron chi connectivity index (χ0n) is 16.0. The van der Waals surface area contributed by atoms with E-state index in [-0.39, 0.29) is 30.2 Å². The number of nitriles is 1. The molecule has 1 aliphatic rings. The molecule has 6 nitrogen and oxygen atoms in total. The van der Waals surface area contributed by atoms with Crippen molar-refractivity contribution in [3.8, 4) is 17.2 Å². The maximum absolute atomic E-state index is 12.4. The number of carboxylic acid groups (broad SMARTS) is 1. The van der Waals surface area contributed by atoms with Crippen LogP contribution in [0.3, 0.4) is 0 Å². The third kappa shape index (κ3) is 3.74. The number of ether oxygens (including phenoxy) is 1. The first-order valence-corrected chi connectivity index (χ1v) is 9.43. The van der Waals surface area contributed by atoms with Gasteiger partial charge in [-0.2, -0.15) is 5.26 Å². The molecule has 0 atom stereocenters. The number of hydrogen-bond donors (Lipinski definition) is 2. The first-order valence-electron chi connectivity index (χ1n) is 9.43. The molecule has 3 aromatic carbocycles. The summed E-state index contributed by atoms with van der Waals surface area (Å²) < 4.78 is 5.49. The van der Waals surface area contributed by atoms with Crippen LogP contribution in [0.25, 0.3) is 11.1 Å². The van der Waals surface area contributed by atoms with Gasteiger partial charge in [0.2, 0.25) is 0 Å². The van der Waals surface area contributed by atoms with Crippen molar-refractivity contribution < 1.29 is 19.4 Å². The molecule has 0 aromatic heterocycles. The van der Waals surface area contributed by atoms with E-state index in [1.807, 2.05) is 42.5 Å². The summed E-state index contributed by atoms with van der Waals surface area (Å²) in [5.41, 5.74) is 5.42. The van der Waals surface area contributed by atoms with Gasteiger partial charge >= 0.3 is 12.1 Å². The molecular weight excluding hydrogens is 380 g/mol. The standard InChI is InChI=1S/C24H18N2O4/c25-13-16-10-9-15(12-23(27)28)11-22(16)26-24(29)30-14-21-19-7-3-1-5-17(19)18-6-2-4-8-20(18)21/h1-11,21H,12,14H2,(H,26,29)(H,27,28). The van der Waals surface area contributed by atoms with Crippen LogP contribution >= 0.6 is 0 Å². The van der Waals surface area contributed by atoms with Crippen molar-refractivity contribution in [1.29, 1.82) is 5.26 Å². The molecule has 3 aromatic rings. The van der Waals surface area contributed by atoms with Crippen molar-refractivity contribution in [2.75, 3.05) is 11.9 Å². The lowest BCUT2D eigenvalue weighted by Gasteiger charge is -2.15. The summed E-state index contributed by atoms with van der Waals surface area (Å²) in [4.78, 5) is 23.4. The second-order valence-corrected chi connectivity index (χ2v) is 7.01. The molecule has 0 unspecified atom stereocenters. The van der Waals surface area contributed by atoms with Crippen molar-refractivity contribution >= 4 is 17.7 Å². The van der Waals surface area contributed by atoms with Gasteiger partial charge in [-0.1, -0.05) is 54.6 Å². The number of aliphatic carboxylic acids is 1. The Morgan fingerprint density at radius 3 is 2.23 bits per heavy atom. The number of nitrogens with one attached hydrogen (secondary N) is 1. The smallest absolute Gasteiger partial charge is 0.411 e. The Morgan fingerprint density at radius 2 is 1.63 bits per heavy atom. The van der Waals surface area contributed by atoms with Crippen LogP contribution in [0, 0.1) is 11.3 Å². The van der Waals surface area contributed by atoms with E-state index in [0.29, 0.717) is 5.56 Å². The van der Waals surface area contributed by atoms with Crippen LogP contribution in [0.5, 0.6) is 0 Å². The van der Waals surface area contributed by atoms with Crippen LogP contribution in [0.15, 0.2) is 66.7 Å². The van der Waals surface area contributed by atoms with E-state index in [2.05, 4.69) is 17.4 Å². The summed E-state index contributed by atoms with van der Waals surface area (Å²) >= 11 is 0. The largest absolute Gasteiger partial charge is 0.481 e. The zero-order valence-corrected chi connectivity index (χ0v) is 16.0. The number of amides is 1. The second-order valence-electron chi connectivity index (χ2n) is 7.01. The van der Waals surface area contributed by atoms with E-state index in [4.69, 9.17) is 9.84 Å². The zero-order chi connectivity index (χ0) is 21.1. The Balaban J connectivity index is 1.50. The van der Waals surface area contributed by atoms with Crippen LogP contribution in [0.1, 0.15) is 28.2 Å². The van der Waals surface area contributed by atoms with E-state index in [1.165, 1.54) is 12.1 Å². The summed E-state index contributed by atoms with van der Waals surface area (Å²) in [5.74, 6) is -1.07. The normalized spacial score (nSPS) is 11.8. The Bertz CT molecular complexity index is 1130. The molecule has 1 aliphatic carbocycles. The molecule has 2 N–H and O–H groups in total. The van der Waals surface area contributed by atoms with Gasteiger partial charge in [0.15, 0.2) is 0 Å². The average Bonchev–Trinajstić information content (AvgIpc) is 3.06. The highest BCUT2D eigenvalue weighted by molar-refractivity contribution is 5.87. The first-order chi connectivity index (χ1) is 14.6. The van der Waals surface area contributed by atoms with Crippen LogP contribution in [0.4, 0.5) is 10.5 Å². The highest BCUT2D eigenvalue weighted by Crippen LogP contribution is 2.44. The van der Waals surface area contributed by atoms with Crippen LogP contribution < -0.4 is 5.32 Å². The molecule has 0 saturated carbocycles. The molecule has 0 heterocycles. The lowest BCUT2D eigenvalue weighted by molar-refractivity contribution is -0.136. The molecule has 1 amide bonds. The number of carboxylic acids is 1. The third-order valence-corrected chi connectivity index (χ3v) is 5.14. The minimum absolute atomic E-state index is 0.0723. The fourth-order valence-corrected chi connectivity index (χ4v) is 3.82. The van der Waals surface area contributed by atoms with Crippen molar-refractivity contribution in [3.05, 3.63) is 89.0 Å². The predicted molar refractivity (Wildman–Crippen MR) is 111 cm³/mol. The lowest BCUT2D eigenvalue weighted by atomic mass is 9.98. The maximum atomic E-state index is 12.4. The molecule has 4 rings (SSSR count). The van der Waals surface area contributed by atoms with E-state index >= 15 is 0 Å². The van der Waals surface area contributed by atoms with Gasteiger partial charge in [-0.05, 0) is 39.9 Å². The minimum atomic E-state index is -0.994. The van der Waals surface area contributed by atoms with Gasteiger partial charge in [0.05, 0.1) is 17.7 Å². The van der Waals surface area contributed by atoms with E-state index < -0.39 is 12.1 Å². The van der Waals surface area contributed by atoms with Gasteiger partial charge in [0.1, 0.15) is 12.7 Å². The highest BCUT2D eigenvalue weighted by Gasteiger charge is 2.29. The Kier molecular flexibility index (Phi) is 5.19. The highest BCUT2D eigenvalue weighted by atomic mass is 16.5. The van der Waals surface area contributed by atoms with Crippen molar-refractivity contribution in [3.63, 3.8) is 0 Å². The minimum Gasteiger partial charge on any atom is -0.481 e. The van der Waals surface area contributed by atoms with Crippen LogP contribution in [-0.4, -0.2) is 23.8 Å². The molecular formula is C24H18N2O4. The number of anilines is 1. The SMILES string of the molecule is N#Cc1ccc(CC(=O)O)cc1NC(=O)OCC1c2ccccc2-c2ccccc21. The fraction of sp³-hybridized carbons (Fsp3) is 0.125. The Hall–Kier alpha value is -4.11. The van der Waals surface area contributed by atoms with Gasteiger partial charge in [0, 0.05) is 5.92 Å². The molecule has 6 heteroatoms. The number of fused-ring (bicyclic) bond motifs is 3. The molecule has 0 saturated heterocycles. The molecule has 0 aliphatic heterocycles. The van der Waals surface area contributed by atoms with Gasteiger partial charge in [-0.15, -0.1) is 0 Å². The topological polar surface area (TPSA) is 99.4 Å². The van der Waals surface area contributed by atoms with Crippen molar-refractivity contribution in [1.82, 2.24) is 0 Å².